The molecule has 0 amide bonds. The number of hydrogen-bond donors (Lipinski definition) is 1. The van der Waals surface area contributed by atoms with Crippen molar-refractivity contribution in [3.05, 3.63) is 23.9 Å². The Kier molecular flexibility index (Phi) is 3.93. The maximum Gasteiger partial charge on any atom is 0.356 e. The third-order valence-electron chi connectivity index (χ3n) is 2.79. The number of nitrogens with zero attached hydrogens (tertiary/aromatic N) is 2. The quantitative estimate of drug-likeness (QED) is 0.527. The number of nitrogens with one attached hydrogen (secondary N) is 1. The Morgan fingerprint density at radius 3 is 2.70 bits per heavy atom. The van der Waals surface area contributed by atoms with Gasteiger partial charge in [0.25, 0.3) is 0 Å². The van der Waals surface area contributed by atoms with E-state index >= 15 is 0 Å². The summed E-state index contributed by atoms with van der Waals surface area (Å²) < 4.78 is 9.95. The third kappa shape index (κ3) is 2.59. The molecule has 2 aromatic rings. The number of aromatic amines is 1. The summed E-state index contributed by atoms with van der Waals surface area (Å²) in [6, 6.07) is 5.50. The highest BCUT2D eigenvalue weighted by atomic mass is 16.5. The van der Waals surface area contributed by atoms with Crippen molar-refractivity contribution in [2.24, 2.45) is 4.99 Å². The average Bonchev–Trinajstić information content (AvgIpc) is 2.81. The Morgan fingerprint density at radius 1 is 1.35 bits per heavy atom. The van der Waals surface area contributed by atoms with E-state index in [-0.39, 0.29) is 0 Å². The lowest BCUT2D eigenvalue weighted by Crippen LogP contribution is -2.07. The predicted molar refractivity (Wildman–Crippen MR) is 78.0 cm³/mol. The summed E-state index contributed by atoms with van der Waals surface area (Å²) in [6.45, 7) is 0. The molecule has 0 radical (unpaired) electrons. The van der Waals surface area contributed by atoms with Gasteiger partial charge in [-0.2, -0.15) is 0 Å². The first kappa shape index (κ1) is 13.9. The topological polar surface area (TPSA) is 66.9 Å². The van der Waals surface area contributed by atoms with Gasteiger partial charge in [0.05, 0.1) is 26.1 Å². The average molecular weight is 275 g/mol. The van der Waals surface area contributed by atoms with Crippen LogP contribution in [0.25, 0.3) is 10.9 Å². The molecule has 0 spiro atoms. The number of H-pyrrole nitrogens is 1. The summed E-state index contributed by atoms with van der Waals surface area (Å²) in [5.74, 6) is 0.254. The van der Waals surface area contributed by atoms with Crippen LogP contribution in [-0.2, 0) is 4.74 Å². The van der Waals surface area contributed by atoms with Crippen molar-refractivity contribution >= 4 is 28.9 Å². The van der Waals surface area contributed by atoms with Crippen LogP contribution in [0.15, 0.2) is 23.2 Å². The number of carbonyl (C=O) groups excluding carboxylic acids is 1. The number of ether oxygens (including phenoxy) is 2. The first-order valence-electron chi connectivity index (χ1n) is 6.05. The Hall–Kier alpha value is -2.50. The maximum absolute atomic E-state index is 11.8. The second kappa shape index (κ2) is 5.64. The lowest BCUT2D eigenvalue weighted by atomic mass is 10.2. The molecule has 6 nitrogen and oxygen atoms in total. The highest BCUT2D eigenvalue weighted by Crippen LogP contribution is 2.32. The fraction of sp³-hybridized carbons (Fsp3) is 0.286. The van der Waals surface area contributed by atoms with Gasteiger partial charge in [-0.15, -0.1) is 0 Å². The van der Waals surface area contributed by atoms with E-state index in [0.29, 0.717) is 17.1 Å². The number of aliphatic imine (C=N–C) groups is 1. The number of aromatic nitrogens is 1. The largest absolute Gasteiger partial charge is 0.497 e. The molecule has 20 heavy (non-hydrogen) atoms. The molecule has 1 heterocycles. The number of carbonyl (C=O) groups is 1. The standard InChI is InChI=1S/C14H17N3O3/c1-17(2)8-15-12-10-6-5-9(19-3)7-11(10)16-13(12)14(18)20-4/h5-8,16H,1-4H3. The van der Waals surface area contributed by atoms with Crippen LogP contribution in [0.2, 0.25) is 0 Å². The summed E-state index contributed by atoms with van der Waals surface area (Å²) in [5, 5.41) is 0.837. The molecule has 1 aromatic carbocycles. The first-order chi connectivity index (χ1) is 9.56. The predicted octanol–water partition coefficient (Wildman–Crippen LogP) is 2.18. The van der Waals surface area contributed by atoms with Crippen molar-refractivity contribution in [1.29, 1.82) is 0 Å². The molecule has 0 unspecified atom stereocenters. The van der Waals surface area contributed by atoms with E-state index in [9.17, 15) is 4.79 Å². The van der Waals surface area contributed by atoms with Crippen molar-refractivity contribution in [3.63, 3.8) is 0 Å². The van der Waals surface area contributed by atoms with Gasteiger partial charge >= 0.3 is 5.97 Å². The van der Waals surface area contributed by atoms with Gasteiger partial charge in [-0.05, 0) is 12.1 Å². The van der Waals surface area contributed by atoms with Gasteiger partial charge in [0.1, 0.15) is 11.4 Å². The summed E-state index contributed by atoms with van der Waals surface area (Å²) in [7, 11) is 6.66. The molecular formula is C14H17N3O3. The number of benzene rings is 1. The molecule has 1 N–H and O–H groups in total. The molecular weight excluding hydrogens is 258 g/mol. The minimum atomic E-state index is -0.453. The molecule has 0 saturated heterocycles. The molecule has 0 saturated carbocycles. The van der Waals surface area contributed by atoms with Gasteiger partial charge in [-0.1, -0.05) is 0 Å². The van der Waals surface area contributed by atoms with E-state index in [4.69, 9.17) is 9.47 Å². The Morgan fingerprint density at radius 2 is 2.10 bits per heavy atom. The zero-order valence-electron chi connectivity index (χ0n) is 11.9. The zero-order chi connectivity index (χ0) is 14.7. The third-order valence-corrected chi connectivity index (χ3v) is 2.79. The van der Waals surface area contributed by atoms with Gasteiger partial charge in [0.2, 0.25) is 0 Å². The summed E-state index contributed by atoms with van der Waals surface area (Å²) >= 11 is 0. The number of rotatable bonds is 4. The van der Waals surface area contributed by atoms with Gasteiger partial charge in [0.15, 0.2) is 5.69 Å². The maximum atomic E-state index is 11.8. The Labute approximate surface area is 117 Å². The van der Waals surface area contributed by atoms with Gasteiger partial charge in [-0.25, -0.2) is 9.79 Å². The lowest BCUT2D eigenvalue weighted by Gasteiger charge is -2.03. The second-order valence-corrected chi connectivity index (χ2v) is 4.46. The second-order valence-electron chi connectivity index (χ2n) is 4.46. The Balaban J connectivity index is 2.63. The summed E-state index contributed by atoms with van der Waals surface area (Å²) in [4.78, 5) is 21.0. The van der Waals surface area contributed by atoms with Gasteiger partial charge in [-0.3, -0.25) is 0 Å². The van der Waals surface area contributed by atoms with Crippen molar-refractivity contribution < 1.29 is 14.3 Å². The molecule has 0 aliphatic rings. The SMILES string of the molecule is COC(=O)c1[nH]c2cc(OC)ccc2c1N=CN(C)C. The highest BCUT2D eigenvalue weighted by Gasteiger charge is 2.18. The van der Waals surface area contributed by atoms with Crippen LogP contribution in [0.4, 0.5) is 5.69 Å². The molecule has 1 aromatic heterocycles. The normalized spacial score (nSPS) is 11.0. The van der Waals surface area contributed by atoms with E-state index in [0.717, 1.165) is 10.9 Å². The first-order valence-corrected chi connectivity index (χ1v) is 6.05. The molecule has 0 bridgehead atoms. The number of hydrogen-bond acceptors (Lipinski definition) is 4. The minimum absolute atomic E-state index is 0.328. The van der Waals surface area contributed by atoms with Crippen LogP contribution >= 0.6 is 0 Å². The van der Waals surface area contributed by atoms with E-state index in [2.05, 4.69) is 9.98 Å². The van der Waals surface area contributed by atoms with Crippen molar-refractivity contribution in [2.45, 2.75) is 0 Å². The highest BCUT2D eigenvalue weighted by molar-refractivity contribution is 6.06. The molecule has 0 atom stereocenters. The fourth-order valence-electron chi connectivity index (χ4n) is 1.85. The minimum Gasteiger partial charge on any atom is -0.497 e. The van der Waals surface area contributed by atoms with Crippen LogP contribution in [0.3, 0.4) is 0 Å². The lowest BCUT2D eigenvalue weighted by molar-refractivity contribution is 0.0596. The van der Waals surface area contributed by atoms with Crippen molar-refractivity contribution in [3.8, 4) is 5.75 Å². The molecule has 106 valence electrons. The van der Waals surface area contributed by atoms with Crippen LogP contribution < -0.4 is 4.74 Å². The molecule has 0 fully saturated rings. The van der Waals surface area contributed by atoms with Crippen molar-refractivity contribution in [1.82, 2.24) is 9.88 Å². The monoisotopic (exact) mass is 275 g/mol. The van der Waals surface area contributed by atoms with Crippen LogP contribution in [0, 0.1) is 0 Å². The van der Waals surface area contributed by atoms with Crippen LogP contribution in [-0.4, -0.2) is 50.5 Å². The summed E-state index contributed by atoms with van der Waals surface area (Å²) in [6.07, 6.45) is 1.64. The van der Waals surface area contributed by atoms with E-state index < -0.39 is 5.97 Å². The smallest absolute Gasteiger partial charge is 0.356 e. The van der Waals surface area contributed by atoms with Crippen molar-refractivity contribution in [2.75, 3.05) is 28.3 Å². The van der Waals surface area contributed by atoms with Gasteiger partial charge in [0, 0.05) is 25.5 Å². The van der Waals surface area contributed by atoms with E-state index in [1.54, 1.807) is 18.3 Å². The number of fused-ring (bicyclic) bond motifs is 1. The molecule has 6 heteroatoms. The number of methoxy groups -OCH3 is 2. The summed E-state index contributed by atoms with van der Waals surface area (Å²) in [5.41, 5.74) is 1.66. The Bertz CT molecular complexity index is 659. The molecule has 0 aliphatic carbocycles. The fourth-order valence-corrected chi connectivity index (χ4v) is 1.85. The molecule has 2 rings (SSSR count). The van der Waals surface area contributed by atoms with Crippen LogP contribution in [0.1, 0.15) is 10.5 Å². The number of esters is 1. The zero-order valence-corrected chi connectivity index (χ0v) is 11.9. The van der Waals surface area contributed by atoms with E-state index in [1.165, 1.54) is 7.11 Å². The van der Waals surface area contributed by atoms with Crippen LogP contribution in [0.5, 0.6) is 5.75 Å². The van der Waals surface area contributed by atoms with Gasteiger partial charge < -0.3 is 19.4 Å². The van der Waals surface area contributed by atoms with E-state index in [1.807, 2.05) is 32.3 Å². The molecule has 0 aliphatic heterocycles.